The molecule has 2 N–H and O–H groups in total. The summed E-state index contributed by atoms with van der Waals surface area (Å²) < 4.78 is 0. The maximum absolute atomic E-state index is 8.10. The molecule has 1 rings (SSSR count). The SMILES string of the molecule is Cl.N#CNNc1ccccc1. The number of hydrogen-bond donors (Lipinski definition) is 2. The van der Waals surface area contributed by atoms with Crippen LogP contribution in [0.2, 0.25) is 0 Å². The highest BCUT2D eigenvalue weighted by Crippen LogP contribution is 2.01. The lowest BCUT2D eigenvalue weighted by molar-refractivity contribution is 1.07. The first-order valence-corrected chi connectivity index (χ1v) is 2.88. The van der Waals surface area contributed by atoms with Crippen LogP contribution in [0.1, 0.15) is 0 Å². The average Bonchev–Trinajstić information content (AvgIpc) is 2.03. The van der Waals surface area contributed by atoms with Gasteiger partial charge < -0.3 is 0 Å². The zero-order valence-corrected chi connectivity index (χ0v) is 6.56. The molecule has 0 aromatic heterocycles. The van der Waals surface area contributed by atoms with Crippen LogP contribution in [0, 0.1) is 11.5 Å². The van der Waals surface area contributed by atoms with Crippen LogP contribution in [0.15, 0.2) is 30.3 Å². The predicted molar refractivity (Wildman–Crippen MR) is 46.1 cm³/mol. The first-order chi connectivity index (χ1) is 4.93. The zero-order chi connectivity index (χ0) is 7.23. The summed E-state index contributed by atoms with van der Waals surface area (Å²) in [5, 5.41) is 8.10. The largest absolute Gasteiger partial charge is 0.292 e. The molecule has 3 nitrogen and oxygen atoms in total. The van der Waals surface area contributed by atoms with Gasteiger partial charge in [0, 0.05) is 0 Å². The van der Waals surface area contributed by atoms with E-state index in [1.54, 1.807) is 6.19 Å². The molecule has 0 saturated heterocycles. The number of nitrogens with one attached hydrogen (secondary N) is 2. The molecule has 0 bridgehead atoms. The number of anilines is 1. The first-order valence-electron chi connectivity index (χ1n) is 2.88. The summed E-state index contributed by atoms with van der Waals surface area (Å²) in [4.78, 5) is 0. The molecule has 0 aliphatic heterocycles. The van der Waals surface area contributed by atoms with Crippen LogP contribution in [0.4, 0.5) is 5.69 Å². The summed E-state index contributed by atoms with van der Waals surface area (Å²) in [6.45, 7) is 0. The fourth-order valence-corrected chi connectivity index (χ4v) is 0.622. The van der Waals surface area contributed by atoms with Gasteiger partial charge in [0.15, 0.2) is 6.19 Å². The Labute approximate surface area is 71.4 Å². The monoisotopic (exact) mass is 169 g/mol. The Bertz CT molecular complexity index is 229. The third-order valence-electron chi connectivity index (χ3n) is 1.04. The Kier molecular flexibility index (Phi) is 4.70. The van der Waals surface area contributed by atoms with Crippen molar-refractivity contribution in [2.24, 2.45) is 0 Å². The van der Waals surface area contributed by atoms with E-state index in [4.69, 9.17) is 5.26 Å². The van der Waals surface area contributed by atoms with Crippen molar-refractivity contribution in [1.82, 2.24) is 5.43 Å². The van der Waals surface area contributed by atoms with Crippen molar-refractivity contribution >= 4 is 18.1 Å². The minimum atomic E-state index is 0. The molecule has 4 heteroatoms. The highest BCUT2D eigenvalue weighted by molar-refractivity contribution is 5.85. The minimum Gasteiger partial charge on any atom is -0.292 e. The number of hydrazine groups is 1. The van der Waals surface area contributed by atoms with Gasteiger partial charge >= 0.3 is 0 Å². The van der Waals surface area contributed by atoms with Crippen LogP contribution in [0.3, 0.4) is 0 Å². The topological polar surface area (TPSA) is 47.9 Å². The number of nitriles is 1. The second kappa shape index (κ2) is 5.39. The van der Waals surface area contributed by atoms with Gasteiger partial charge in [-0.05, 0) is 12.1 Å². The Morgan fingerprint density at radius 1 is 1.18 bits per heavy atom. The number of rotatable bonds is 2. The van der Waals surface area contributed by atoms with E-state index in [9.17, 15) is 0 Å². The van der Waals surface area contributed by atoms with E-state index in [2.05, 4.69) is 10.9 Å². The van der Waals surface area contributed by atoms with Gasteiger partial charge in [0.2, 0.25) is 0 Å². The van der Waals surface area contributed by atoms with Crippen molar-refractivity contribution in [2.75, 3.05) is 5.43 Å². The molecule has 0 aliphatic carbocycles. The van der Waals surface area contributed by atoms with Crippen molar-refractivity contribution in [3.63, 3.8) is 0 Å². The second-order valence-electron chi connectivity index (χ2n) is 1.73. The van der Waals surface area contributed by atoms with E-state index in [1.165, 1.54) is 0 Å². The van der Waals surface area contributed by atoms with Gasteiger partial charge in [-0.1, -0.05) is 18.2 Å². The summed E-state index contributed by atoms with van der Waals surface area (Å²) in [7, 11) is 0. The van der Waals surface area contributed by atoms with Gasteiger partial charge in [0.25, 0.3) is 0 Å². The third kappa shape index (κ3) is 3.33. The third-order valence-corrected chi connectivity index (χ3v) is 1.04. The van der Waals surface area contributed by atoms with Crippen LogP contribution in [0.5, 0.6) is 0 Å². The molecule has 0 atom stereocenters. The maximum atomic E-state index is 8.10. The zero-order valence-electron chi connectivity index (χ0n) is 5.74. The Hall–Kier alpha value is -1.40. The van der Waals surface area contributed by atoms with Crippen molar-refractivity contribution < 1.29 is 0 Å². The lowest BCUT2D eigenvalue weighted by Crippen LogP contribution is -2.13. The quantitative estimate of drug-likeness (QED) is 0.401. The Morgan fingerprint density at radius 2 is 1.82 bits per heavy atom. The molecular weight excluding hydrogens is 162 g/mol. The van der Waals surface area contributed by atoms with Crippen molar-refractivity contribution in [2.45, 2.75) is 0 Å². The summed E-state index contributed by atoms with van der Waals surface area (Å²) in [5.41, 5.74) is 5.88. The van der Waals surface area contributed by atoms with E-state index in [0.29, 0.717) is 0 Å². The van der Waals surface area contributed by atoms with E-state index in [-0.39, 0.29) is 12.4 Å². The minimum absolute atomic E-state index is 0. The summed E-state index contributed by atoms with van der Waals surface area (Å²) in [6.07, 6.45) is 1.76. The number of halogens is 1. The van der Waals surface area contributed by atoms with Crippen LogP contribution in [0.25, 0.3) is 0 Å². The normalized spacial score (nSPS) is 7.18. The highest BCUT2D eigenvalue weighted by atomic mass is 35.5. The fraction of sp³-hybridized carbons (Fsp3) is 0. The molecule has 0 unspecified atom stereocenters. The number of benzene rings is 1. The molecule has 0 saturated carbocycles. The van der Waals surface area contributed by atoms with Gasteiger partial charge in [0.1, 0.15) is 0 Å². The van der Waals surface area contributed by atoms with Crippen LogP contribution < -0.4 is 10.9 Å². The number of para-hydroxylation sites is 1. The molecule has 0 heterocycles. The molecule has 0 spiro atoms. The molecule has 0 radical (unpaired) electrons. The molecule has 11 heavy (non-hydrogen) atoms. The molecular formula is C7H8ClN3. The summed E-state index contributed by atoms with van der Waals surface area (Å²) in [5.74, 6) is 0. The Morgan fingerprint density at radius 3 is 2.36 bits per heavy atom. The van der Waals surface area contributed by atoms with E-state index in [1.807, 2.05) is 30.3 Å². The smallest absolute Gasteiger partial charge is 0.197 e. The van der Waals surface area contributed by atoms with Gasteiger partial charge in [-0.15, -0.1) is 12.4 Å². The van der Waals surface area contributed by atoms with Crippen molar-refractivity contribution in [3.05, 3.63) is 30.3 Å². The highest BCUT2D eigenvalue weighted by Gasteiger charge is 1.82. The van der Waals surface area contributed by atoms with Crippen LogP contribution >= 0.6 is 12.4 Å². The lowest BCUT2D eigenvalue weighted by atomic mass is 10.3. The van der Waals surface area contributed by atoms with E-state index < -0.39 is 0 Å². The van der Waals surface area contributed by atoms with E-state index in [0.717, 1.165) is 5.69 Å². The Balaban J connectivity index is 0.000001000. The second-order valence-corrected chi connectivity index (χ2v) is 1.73. The van der Waals surface area contributed by atoms with Gasteiger partial charge in [-0.25, -0.2) is 5.43 Å². The summed E-state index contributed by atoms with van der Waals surface area (Å²) in [6, 6.07) is 9.43. The molecule has 0 aliphatic rings. The maximum Gasteiger partial charge on any atom is 0.197 e. The molecule has 0 fully saturated rings. The predicted octanol–water partition coefficient (Wildman–Crippen LogP) is 1.51. The average molecular weight is 170 g/mol. The standard InChI is InChI=1S/C7H7N3.ClH/c8-6-9-10-7-4-2-1-3-5-7;/h1-5,9-10H;1H. The molecule has 1 aromatic rings. The summed E-state index contributed by atoms with van der Waals surface area (Å²) >= 11 is 0. The fourth-order valence-electron chi connectivity index (χ4n) is 0.622. The molecule has 58 valence electrons. The van der Waals surface area contributed by atoms with Gasteiger partial charge in [-0.2, -0.15) is 5.26 Å². The van der Waals surface area contributed by atoms with Gasteiger partial charge in [0.05, 0.1) is 5.69 Å². The van der Waals surface area contributed by atoms with Gasteiger partial charge in [-0.3, -0.25) is 5.43 Å². The van der Waals surface area contributed by atoms with Crippen LogP contribution in [-0.4, -0.2) is 0 Å². The van der Waals surface area contributed by atoms with Crippen molar-refractivity contribution in [3.8, 4) is 6.19 Å². The number of nitrogens with zero attached hydrogens (tertiary/aromatic N) is 1. The first kappa shape index (κ1) is 9.60. The molecule has 0 amide bonds. The van der Waals surface area contributed by atoms with E-state index >= 15 is 0 Å². The lowest BCUT2D eigenvalue weighted by Gasteiger charge is -1.99. The van der Waals surface area contributed by atoms with Crippen LogP contribution in [-0.2, 0) is 0 Å². The van der Waals surface area contributed by atoms with Crippen molar-refractivity contribution in [1.29, 1.82) is 5.26 Å². The number of hydrogen-bond acceptors (Lipinski definition) is 3. The molecule has 1 aromatic carbocycles.